The third-order valence-corrected chi connectivity index (χ3v) is 11.5. The van der Waals surface area contributed by atoms with Crippen LogP contribution in [0.25, 0.3) is 0 Å². The van der Waals surface area contributed by atoms with Crippen LogP contribution in [0, 0.1) is 6.92 Å². The number of nitrogens with zero attached hydrogens (tertiary/aromatic N) is 8. The van der Waals surface area contributed by atoms with Gasteiger partial charge in [0, 0.05) is 87.5 Å². The summed E-state index contributed by atoms with van der Waals surface area (Å²) in [6, 6.07) is 28.3. The highest BCUT2D eigenvalue weighted by molar-refractivity contribution is 7.16. The van der Waals surface area contributed by atoms with Gasteiger partial charge in [-0.05, 0) is 68.9 Å². The highest BCUT2D eigenvalue weighted by Crippen LogP contribution is 2.39. The summed E-state index contributed by atoms with van der Waals surface area (Å²) in [6.45, 7) is 15.0. The number of fused-ring (bicyclic) bond motifs is 2. The molecule has 0 amide bonds. The fourth-order valence-corrected chi connectivity index (χ4v) is 8.35. The highest BCUT2D eigenvalue weighted by Gasteiger charge is 2.25. The molecule has 2 saturated heterocycles. The Hall–Kier alpha value is -4.33. The number of aryl methyl sites for hydroxylation is 3. The van der Waals surface area contributed by atoms with Crippen molar-refractivity contribution in [3.05, 3.63) is 117 Å². The number of halogens is 2. The number of para-hydroxylation sites is 3. The number of benzene rings is 3. The van der Waals surface area contributed by atoms with E-state index in [1.807, 2.05) is 55.5 Å². The first-order valence-electron chi connectivity index (χ1n) is 19.4. The van der Waals surface area contributed by atoms with E-state index in [-0.39, 0.29) is 18.1 Å². The molecule has 0 saturated carbocycles. The van der Waals surface area contributed by atoms with Gasteiger partial charge < -0.3 is 24.8 Å². The van der Waals surface area contributed by atoms with Crippen LogP contribution in [0.3, 0.4) is 0 Å². The Morgan fingerprint density at radius 2 is 1.57 bits per heavy atom. The minimum atomic E-state index is -0.0470. The summed E-state index contributed by atoms with van der Waals surface area (Å²) >= 11 is 7.94. The Kier molecular flexibility index (Phi) is 14.5. The first-order valence-corrected chi connectivity index (χ1v) is 20.6. The molecule has 11 nitrogen and oxygen atoms in total. The van der Waals surface area contributed by atoms with E-state index in [0.717, 1.165) is 106 Å². The lowest BCUT2D eigenvalue weighted by atomic mass is 10.2. The molecule has 2 aromatic heterocycles. The third kappa shape index (κ3) is 10.3. The Labute approximate surface area is 345 Å². The number of likely N-dealkylation sites (N-methyl/N-ethyl adjacent to an activating group) is 1. The van der Waals surface area contributed by atoms with Crippen molar-refractivity contribution in [2.45, 2.75) is 39.8 Å². The van der Waals surface area contributed by atoms with Crippen molar-refractivity contribution >= 4 is 63.2 Å². The van der Waals surface area contributed by atoms with Gasteiger partial charge in [-0.15, -0.1) is 23.7 Å². The van der Waals surface area contributed by atoms with Gasteiger partial charge in [-0.3, -0.25) is 9.47 Å². The molecule has 8 rings (SSSR count). The lowest BCUT2D eigenvalue weighted by molar-refractivity contribution is 0.216. The smallest absolute Gasteiger partial charge is 0.346 e. The first-order chi connectivity index (χ1) is 26.8. The third-order valence-electron chi connectivity index (χ3n) is 10.3. The molecule has 3 aromatic carbocycles. The zero-order valence-electron chi connectivity index (χ0n) is 32.6. The molecule has 5 heterocycles. The zero-order valence-corrected chi connectivity index (χ0v) is 35.0. The molecule has 0 spiro atoms. The maximum atomic E-state index is 12.9. The van der Waals surface area contributed by atoms with Crippen LogP contribution in [-0.4, -0.2) is 107 Å². The Bertz CT molecular complexity index is 2100. The van der Waals surface area contributed by atoms with Crippen LogP contribution in [0.2, 0.25) is 5.02 Å². The van der Waals surface area contributed by atoms with Crippen molar-refractivity contribution in [2.24, 2.45) is 4.99 Å². The highest BCUT2D eigenvalue weighted by atomic mass is 35.5. The molecule has 0 atom stereocenters. The number of rotatable bonds is 10. The molecule has 0 radical (unpaired) electrons. The Morgan fingerprint density at radius 3 is 2.32 bits per heavy atom. The van der Waals surface area contributed by atoms with E-state index in [0.29, 0.717) is 19.7 Å². The van der Waals surface area contributed by atoms with Gasteiger partial charge in [0.1, 0.15) is 29.0 Å². The van der Waals surface area contributed by atoms with Crippen molar-refractivity contribution in [1.29, 1.82) is 0 Å². The second kappa shape index (κ2) is 19.7. The summed E-state index contributed by atoms with van der Waals surface area (Å²) in [5.74, 6) is 2.74. The molecular weight excluding hydrogens is 765 g/mol. The SMILES string of the molecule is CCc1nn(CCCN2CCN(c3cccc(Cl)c3)CC2)c(=O)n1CCOc1ccccc1.Cc1cc2c(s1)Nc1ccccc1N=C2N1CCN(C)CC1.Cl. The van der Waals surface area contributed by atoms with Crippen LogP contribution in [0.5, 0.6) is 5.75 Å². The molecule has 0 bridgehead atoms. The standard InChI is InChI=1S/C25H32ClN5O2.C17H20N4S.ClH/c1-2-24-27-31(25(32)30(24)18-19-33-23-10-4-3-5-11-23)13-7-12-28-14-16-29(17-15-28)22-9-6-8-21(26)20-22;1-12-11-13-16(21-9-7-20(2)8-10-21)18-14-5-3-4-6-15(14)19-17(13)22-12;/h3-6,8-11,20H,2,7,12-19H2,1H3;3-6,11,19H,7-10H2,1-2H3;1H. The lowest BCUT2D eigenvalue weighted by Crippen LogP contribution is -2.47. The number of hydrogen-bond donors (Lipinski definition) is 1. The van der Waals surface area contributed by atoms with Crippen molar-refractivity contribution in [3.8, 4) is 5.75 Å². The molecule has 3 aliphatic rings. The molecule has 0 unspecified atom stereocenters. The quantitative estimate of drug-likeness (QED) is 0.156. The van der Waals surface area contributed by atoms with Gasteiger partial charge in [0.15, 0.2) is 0 Å². The fourth-order valence-electron chi connectivity index (χ4n) is 7.24. The minimum Gasteiger partial charge on any atom is -0.492 e. The first kappa shape index (κ1) is 41.3. The van der Waals surface area contributed by atoms with Gasteiger partial charge in [0.2, 0.25) is 0 Å². The van der Waals surface area contributed by atoms with Gasteiger partial charge in [-0.2, -0.15) is 5.10 Å². The maximum absolute atomic E-state index is 12.9. The van der Waals surface area contributed by atoms with E-state index < -0.39 is 0 Å². The molecule has 3 aliphatic heterocycles. The Morgan fingerprint density at radius 1 is 0.839 bits per heavy atom. The number of hydrogen-bond acceptors (Lipinski definition) is 10. The van der Waals surface area contributed by atoms with Crippen LogP contribution >= 0.6 is 35.3 Å². The van der Waals surface area contributed by atoms with Crippen molar-refractivity contribution in [2.75, 3.05) is 82.8 Å². The normalized spacial score (nSPS) is 15.7. The van der Waals surface area contributed by atoms with Gasteiger partial charge in [-0.1, -0.05) is 54.9 Å². The van der Waals surface area contributed by atoms with Crippen LogP contribution < -0.4 is 20.6 Å². The molecule has 298 valence electrons. The number of anilines is 3. The summed E-state index contributed by atoms with van der Waals surface area (Å²) in [4.78, 5) is 28.8. The maximum Gasteiger partial charge on any atom is 0.346 e. The average molecular weight is 819 g/mol. The molecular formula is C42H53Cl2N9O2S. The van der Waals surface area contributed by atoms with E-state index in [4.69, 9.17) is 21.3 Å². The van der Waals surface area contributed by atoms with Crippen LogP contribution in [0.1, 0.15) is 29.6 Å². The summed E-state index contributed by atoms with van der Waals surface area (Å²) in [5, 5.41) is 10.1. The molecule has 2 fully saturated rings. The minimum absolute atomic E-state index is 0. The van der Waals surface area contributed by atoms with E-state index in [1.54, 1.807) is 20.6 Å². The molecule has 1 N–H and O–H groups in total. The largest absolute Gasteiger partial charge is 0.492 e. The second-order valence-electron chi connectivity index (χ2n) is 14.2. The predicted molar refractivity (Wildman–Crippen MR) is 234 cm³/mol. The number of ether oxygens (including phenoxy) is 1. The number of thiophene rings is 1. The van der Waals surface area contributed by atoms with Gasteiger partial charge in [0.05, 0.1) is 23.5 Å². The van der Waals surface area contributed by atoms with Crippen LogP contribution in [0.15, 0.2) is 94.7 Å². The molecule has 0 aliphatic carbocycles. The summed E-state index contributed by atoms with van der Waals surface area (Å²) < 4.78 is 9.12. The average Bonchev–Trinajstić information content (AvgIpc) is 3.67. The van der Waals surface area contributed by atoms with E-state index >= 15 is 0 Å². The lowest BCUT2D eigenvalue weighted by Gasteiger charge is -2.36. The summed E-state index contributed by atoms with van der Waals surface area (Å²) in [7, 11) is 2.18. The van der Waals surface area contributed by atoms with E-state index in [2.05, 4.69) is 80.4 Å². The number of piperazine rings is 2. The van der Waals surface area contributed by atoms with Gasteiger partial charge >= 0.3 is 5.69 Å². The molecule has 56 heavy (non-hydrogen) atoms. The number of aliphatic imine (C=N–C) groups is 1. The van der Waals surface area contributed by atoms with Gasteiger partial charge in [-0.25, -0.2) is 14.5 Å². The van der Waals surface area contributed by atoms with Crippen molar-refractivity contribution in [3.63, 3.8) is 0 Å². The number of amidine groups is 1. The zero-order chi connectivity index (χ0) is 38.1. The van der Waals surface area contributed by atoms with E-state index in [9.17, 15) is 4.79 Å². The van der Waals surface area contributed by atoms with Crippen LogP contribution in [-0.2, 0) is 19.5 Å². The van der Waals surface area contributed by atoms with Gasteiger partial charge in [0.25, 0.3) is 0 Å². The van der Waals surface area contributed by atoms with E-state index in [1.165, 1.54) is 21.1 Å². The summed E-state index contributed by atoms with van der Waals surface area (Å²) in [6.07, 6.45) is 1.62. The van der Waals surface area contributed by atoms with Crippen LogP contribution in [0.4, 0.5) is 22.1 Å². The number of aromatic nitrogens is 3. The predicted octanol–water partition coefficient (Wildman–Crippen LogP) is 7.41. The second-order valence-corrected chi connectivity index (χ2v) is 15.9. The molecule has 14 heteroatoms. The van der Waals surface area contributed by atoms with Crippen molar-refractivity contribution < 1.29 is 4.74 Å². The molecule has 5 aromatic rings. The number of nitrogens with one attached hydrogen (secondary N) is 1. The van der Waals surface area contributed by atoms with Crippen molar-refractivity contribution in [1.82, 2.24) is 29.0 Å². The fraction of sp³-hybridized carbons (Fsp3) is 0.405. The summed E-state index contributed by atoms with van der Waals surface area (Å²) in [5.41, 5.74) is 4.49. The monoisotopic (exact) mass is 817 g/mol. The Balaban J connectivity index is 0.000000200. The topological polar surface area (TPSA) is 86.4 Å².